The molecule has 0 unspecified atom stereocenters. The molecule has 0 spiro atoms. The third-order valence-electron chi connectivity index (χ3n) is 3.05. The van der Waals surface area contributed by atoms with Crippen LogP contribution in [0.5, 0.6) is 0 Å². The first kappa shape index (κ1) is 16.3. The van der Waals surface area contributed by atoms with Crippen LogP contribution in [0.25, 0.3) is 4.48 Å². The van der Waals surface area contributed by atoms with E-state index in [0.29, 0.717) is 0 Å². The second kappa shape index (κ2) is 7.27. The minimum absolute atomic E-state index is 0.278. The molecule has 2 rings (SSSR count). The fraction of sp³-hybridized carbons (Fsp3) is 0.0556. The van der Waals surface area contributed by atoms with Crippen LogP contribution in [-0.4, -0.2) is 5.78 Å². The van der Waals surface area contributed by atoms with Gasteiger partial charge in [0.2, 0.25) is 0 Å². The molecule has 22 heavy (non-hydrogen) atoms. The number of halogens is 3. The van der Waals surface area contributed by atoms with E-state index in [4.69, 9.17) is 0 Å². The van der Waals surface area contributed by atoms with Gasteiger partial charge in [-0.1, -0.05) is 36.4 Å². The van der Waals surface area contributed by atoms with Gasteiger partial charge in [0.05, 0.1) is 5.56 Å². The van der Waals surface area contributed by atoms with E-state index in [1.807, 2.05) is 37.3 Å². The monoisotopic (exact) mass is 362 g/mol. The summed E-state index contributed by atoms with van der Waals surface area (Å²) in [6, 6.07) is 12.4. The normalized spacial score (nSPS) is 12.4. The van der Waals surface area contributed by atoms with E-state index in [1.54, 1.807) is 6.08 Å². The Morgan fingerprint density at radius 3 is 2.41 bits per heavy atom. The first-order valence-corrected chi connectivity index (χ1v) is 7.37. The molecule has 0 fully saturated rings. The summed E-state index contributed by atoms with van der Waals surface area (Å²) in [7, 11) is 0. The highest BCUT2D eigenvalue weighted by molar-refractivity contribution is 9.15. The molecule has 2 aromatic rings. The van der Waals surface area contributed by atoms with E-state index in [2.05, 4.69) is 15.9 Å². The molecule has 0 atom stereocenters. The maximum Gasteiger partial charge on any atom is 0.188 e. The van der Waals surface area contributed by atoms with Gasteiger partial charge in [0.15, 0.2) is 5.78 Å². The van der Waals surface area contributed by atoms with Gasteiger partial charge in [-0.2, -0.15) is 0 Å². The number of benzene rings is 2. The van der Waals surface area contributed by atoms with E-state index in [-0.39, 0.29) is 5.56 Å². The third-order valence-corrected chi connectivity index (χ3v) is 4.14. The smallest absolute Gasteiger partial charge is 0.188 e. The van der Waals surface area contributed by atoms with Crippen LogP contribution in [0.1, 0.15) is 22.8 Å². The Balaban J connectivity index is 2.24. The lowest BCUT2D eigenvalue weighted by Crippen LogP contribution is -1.99. The van der Waals surface area contributed by atoms with Gasteiger partial charge in [-0.05, 0) is 58.3 Å². The molecule has 4 heteroatoms. The molecule has 0 aliphatic carbocycles. The number of allylic oxidation sites excluding steroid dienone is 3. The average molecular weight is 363 g/mol. The summed E-state index contributed by atoms with van der Waals surface area (Å²) in [5, 5.41) is 0. The van der Waals surface area contributed by atoms with Gasteiger partial charge in [0.25, 0.3) is 0 Å². The lowest BCUT2D eigenvalue weighted by molar-refractivity contribution is 0.104. The highest BCUT2D eigenvalue weighted by Gasteiger charge is 2.10. The van der Waals surface area contributed by atoms with E-state index in [0.717, 1.165) is 33.8 Å². The van der Waals surface area contributed by atoms with Crippen LogP contribution in [0.15, 0.2) is 66.3 Å². The van der Waals surface area contributed by atoms with Crippen molar-refractivity contribution in [2.24, 2.45) is 0 Å². The van der Waals surface area contributed by atoms with Gasteiger partial charge >= 0.3 is 0 Å². The fourth-order valence-corrected chi connectivity index (χ4v) is 2.26. The molecule has 112 valence electrons. The van der Waals surface area contributed by atoms with Gasteiger partial charge in [-0.25, -0.2) is 8.78 Å². The minimum atomic E-state index is -0.736. The minimum Gasteiger partial charge on any atom is -0.289 e. The standard InChI is InChI=1S/C18H13BrF2O/c1-12(18(19)13-5-3-2-4-6-13)7-10-17(22)15-11-14(20)8-9-16(15)21/h2-11H,1H3. The van der Waals surface area contributed by atoms with Crippen molar-refractivity contribution in [3.63, 3.8) is 0 Å². The Morgan fingerprint density at radius 1 is 1.05 bits per heavy atom. The Labute approximate surface area is 136 Å². The second-order valence-corrected chi connectivity index (χ2v) is 5.48. The van der Waals surface area contributed by atoms with Crippen molar-refractivity contribution in [3.05, 3.63) is 89.0 Å². The summed E-state index contributed by atoms with van der Waals surface area (Å²) in [6.45, 7) is 1.82. The fourth-order valence-electron chi connectivity index (χ4n) is 1.86. The van der Waals surface area contributed by atoms with Crippen molar-refractivity contribution in [1.29, 1.82) is 0 Å². The van der Waals surface area contributed by atoms with Gasteiger partial charge in [-0.3, -0.25) is 4.79 Å². The summed E-state index contributed by atoms with van der Waals surface area (Å²) in [4.78, 5) is 11.9. The molecular formula is C18H13BrF2O. The van der Waals surface area contributed by atoms with E-state index >= 15 is 0 Å². The molecule has 0 saturated carbocycles. The van der Waals surface area contributed by atoms with Crippen molar-refractivity contribution < 1.29 is 13.6 Å². The lowest BCUT2D eigenvalue weighted by Gasteiger charge is -2.03. The van der Waals surface area contributed by atoms with Gasteiger partial charge in [0.1, 0.15) is 11.6 Å². The predicted molar refractivity (Wildman–Crippen MR) is 87.8 cm³/mol. The van der Waals surface area contributed by atoms with Crippen LogP contribution in [0.4, 0.5) is 8.78 Å². The number of carbonyl (C=O) groups is 1. The van der Waals surface area contributed by atoms with E-state index < -0.39 is 17.4 Å². The lowest BCUT2D eigenvalue weighted by atomic mass is 10.1. The van der Waals surface area contributed by atoms with Crippen LogP contribution in [0.2, 0.25) is 0 Å². The van der Waals surface area contributed by atoms with E-state index in [1.165, 1.54) is 6.08 Å². The first-order chi connectivity index (χ1) is 10.5. The zero-order chi connectivity index (χ0) is 16.1. The number of hydrogen-bond donors (Lipinski definition) is 0. The number of rotatable bonds is 4. The zero-order valence-corrected chi connectivity index (χ0v) is 13.4. The molecule has 2 aromatic carbocycles. The Morgan fingerprint density at radius 2 is 1.73 bits per heavy atom. The number of ketones is 1. The highest BCUT2D eigenvalue weighted by Crippen LogP contribution is 2.25. The molecule has 0 N–H and O–H groups in total. The molecule has 0 bridgehead atoms. The Bertz CT molecular complexity index is 749. The highest BCUT2D eigenvalue weighted by atomic mass is 79.9. The second-order valence-electron chi connectivity index (χ2n) is 4.68. The largest absolute Gasteiger partial charge is 0.289 e. The zero-order valence-electron chi connectivity index (χ0n) is 11.8. The summed E-state index contributed by atoms with van der Waals surface area (Å²) in [6.07, 6.45) is 2.81. The van der Waals surface area contributed by atoms with Crippen molar-refractivity contribution in [2.45, 2.75) is 6.92 Å². The van der Waals surface area contributed by atoms with Crippen LogP contribution in [0.3, 0.4) is 0 Å². The predicted octanol–water partition coefficient (Wildman–Crippen LogP) is 5.53. The van der Waals surface area contributed by atoms with Gasteiger partial charge in [-0.15, -0.1) is 0 Å². The van der Waals surface area contributed by atoms with Crippen molar-refractivity contribution in [3.8, 4) is 0 Å². The molecule has 0 saturated heterocycles. The summed E-state index contributed by atoms with van der Waals surface area (Å²) in [5.41, 5.74) is 1.49. The van der Waals surface area contributed by atoms with Crippen LogP contribution >= 0.6 is 15.9 Å². The van der Waals surface area contributed by atoms with Crippen molar-refractivity contribution >= 4 is 26.2 Å². The molecule has 0 aromatic heterocycles. The van der Waals surface area contributed by atoms with Crippen LogP contribution in [-0.2, 0) is 0 Å². The van der Waals surface area contributed by atoms with Gasteiger partial charge in [0, 0.05) is 4.48 Å². The van der Waals surface area contributed by atoms with Crippen molar-refractivity contribution in [1.82, 2.24) is 0 Å². The molecule has 0 amide bonds. The molecule has 0 aliphatic heterocycles. The molecule has 0 radical (unpaired) electrons. The van der Waals surface area contributed by atoms with Gasteiger partial charge < -0.3 is 0 Å². The van der Waals surface area contributed by atoms with Crippen LogP contribution < -0.4 is 0 Å². The summed E-state index contributed by atoms with van der Waals surface area (Å²) < 4.78 is 27.5. The topological polar surface area (TPSA) is 17.1 Å². The van der Waals surface area contributed by atoms with Crippen molar-refractivity contribution in [2.75, 3.05) is 0 Å². The molecule has 0 aliphatic rings. The molecule has 1 nitrogen and oxygen atoms in total. The third kappa shape index (κ3) is 3.98. The average Bonchev–Trinajstić information content (AvgIpc) is 2.54. The first-order valence-electron chi connectivity index (χ1n) is 6.58. The summed E-state index contributed by atoms with van der Waals surface area (Å²) in [5.74, 6) is -1.96. The summed E-state index contributed by atoms with van der Waals surface area (Å²) >= 11 is 3.47. The Hall–Kier alpha value is -2.07. The van der Waals surface area contributed by atoms with Crippen LogP contribution in [0, 0.1) is 11.6 Å². The quantitative estimate of drug-likeness (QED) is 0.397. The Kier molecular flexibility index (Phi) is 5.39. The molecule has 0 heterocycles. The maximum atomic E-state index is 13.5. The maximum absolute atomic E-state index is 13.5. The number of carbonyl (C=O) groups excluding carboxylic acids is 1. The SMILES string of the molecule is CC(C=CC(=O)c1cc(F)ccc1F)=C(Br)c1ccccc1. The van der Waals surface area contributed by atoms with E-state index in [9.17, 15) is 13.6 Å². The molecular weight excluding hydrogens is 350 g/mol. The number of hydrogen-bond acceptors (Lipinski definition) is 1.